The molecular weight excluding hydrogens is 394 g/mol. The molecule has 2 atom stereocenters. The SMILES string of the molecule is CCOC(=O)c1sc(NC(=O)CCN2C(=O)C3CCC(C)(C2=O)C3(C)C)nc1C. The van der Waals surface area contributed by atoms with E-state index in [2.05, 4.69) is 10.3 Å². The van der Waals surface area contributed by atoms with E-state index in [9.17, 15) is 19.2 Å². The van der Waals surface area contributed by atoms with E-state index in [1.54, 1.807) is 13.8 Å². The number of aryl methyl sites for hydroxylation is 1. The van der Waals surface area contributed by atoms with Crippen LogP contribution in [-0.2, 0) is 19.1 Å². The number of hydrogen-bond acceptors (Lipinski definition) is 7. The zero-order valence-corrected chi connectivity index (χ0v) is 18.3. The van der Waals surface area contributed by atoms with E-state index in [0.29, 0.717) is 28.5 Å². The summed E-state index contributed by atoms with van der Waals surface area (Å²) in [5.74, 6) is -1.40. The van der Waals surface area contributed by atoms with Crippen LogP contribution >= 0.6 is 11.3 Å². The number of nitrogens with one attached hydrogen (secondary N) is 1. The number of likely N-dealkylation sites (tertiary alicyclic amines) is 1. The van der Waals surface area contributed by atoms with Crippen molar-refractivity contribution in [2.24, 2.45) is 16.7 Å². The van der Waals surface area contributed by atoms with Crippen LogP contribution in [0.2, 0.25) is 0 Å². The van der Waals surface area contributed by atoms with Crippen molar-refractivity contribution >= 4 is 40.2 Å². The van der Waals surface area contributed by atoms with Crippen LogP contribution < -0.4 is 5.32 Å². The van der Waals surface area contributed by atoms with E-state index >= 15 is 0 Å². The minimum Gasteiger partial charge on any atom is -0.462 e. The summed E-state index contributed by atoms with van der Waals surface area (Å²) >= 11 is 1.04. The smallest absolute Gasteiger partial charge is 0.350 e. The molecule has 1 N–H and O–H groups in total. The van der Waals surface area contributed by atoms with Gasteiger partial charge in [-0.15, -0.1) is 0 Å². The Morgan fingerprint density at radius 1 is 1.31 bits per heavy atom. The number of imide groups is 1. The summed E-state index contributed by atoms with van der Waals surface area (Å²) in [7, 11) is 0. The van der Waals surface area contributed by atoms with Crippen molar-refractivity contribution in [1.82, 2.24) is 9.88 Å². The van der Waals surface area contributed by atoms with Crippen molar-refractivity contribution in [2.75, 3.05) is 18.5 Å². The van der Waals surface area contributed by atoms with Gasteiger partial charge in [-0.1, -0.05) is 32.1 Å². The van der Waals surface area contributed by atoms with Crippen molar-refractivity contribution in [3.63, 3.8) is 0 Å². The van der Waals surface area contributed by atoms with Gasteiger partial charge >= 0.3 is 5.97 Å². The summed E-state index contributed by atoms with van der Waals surface area (Å²) in [6.07, 6.45) is 1.37. The maximum atomic E-state index is 13.0. The number of fused-ring (bicyclic) bond motifs is 2. The quantitative estimate of drug-likeness (QED) is 0.559. The number of amides is 3. The Morgan fingerprint density at radius 2 is 2.00 bits per heavy atom. The molecular formula is C20H27N3O5S. The Kier molecular flexibility index (Phi) is 5.55. The number of aromatic nitrogens is 1. The number of piperidine rings is 1. The van der Waals surface area contributed by atoms with E-state index in [0.717, 1.165) is 11.3 Å². The largest absolute Gasteiger partial charge is 0.462 e. The van der Waals surface area contributed by atoms with Crippen LogP contribution in [0, 0.1) is 23.7 Å². The molecule has 2 heterocycles. The van der Waals surface area contributed by atoms with Crippen LogP contribution in [0.25, 0.3) is 0 Å². The maximum Gasteiger partial charge on any atom is 0.350 e. The number of nitrogens with zero attached hydrogens (tertiary/aromatic N) is 2. The Balaban J connectivity index is 1.63. The van der Waals surface area contributed by atoms with Gasteiger partial charge in [0.05, 0.1) is 17.7 Å². The van der Waals surface area contributed by atoms with Crippen molar-refractivity contribution < 1.29 is 23.9 Å². The molecule has 0 radical (unpaired) electrons. The Bertz CT molecular complexity index is 877. The lowest BCUT2D eigenvalue weighted by Gasteiger charge is -2.47. The monoisotopic (exact) mass is 421 g/mol. The third-order valence-electron chi connectivity index (χ3n) is 6.57. The Morgan fingerprint density at radius 3 is 2.66 bits per heavy atom. The normalized spacial score (nSPS) is 25.3. The van der Waals surface area contributed by atoms with Crippen molar-refractivity contribution in [2.45, 2.75) is 53.9 Å². The number of carbonyl (C=O) groups is 4. The van der Waals surface area contributed by atoms with Crippen LogP contribution in [0.4, 0.5) is 5.13 Å². The summed E-state index contributed by atoms with van der Waals surface area (Å²) in [6, 6.07) is 0. The number of hydrogen-bond donors (Lipinski definition) is 1. The fraction of sp³-hybridized carbons (Fsp3) is 0.650. The van der Waals surface area contributed by atoms with E-state index in [1.807, 2.05) is 20.8 Å². The Hall–Kier alpha value is -2.29. The molecule has 1 aromatic rings. The predicted octanol–water partition coefficient (Wildman–Crippen LogP) is 2.77. The lowest BCUT2D eigenvalue weighted by atomic mass is 9.62. The molecule has 2 fully saturated rings. The molecule has 158 valence electrons. The highest BCUT2D eigenvalue weighted by atomic mass is 32.1. The third kappa shape index (κ3) is 3.45. The molecule has 1 aliphatic heterocycles. The molecule has 2 bridgehead atoms. The van der Waals surface area contributed by atoms with Gasteiger partial charge in [0.15, 0.2) is 5.13 Å². The number of anilines is 1. The maximum absolute atomic E-state index is 13.0. The fourth-order valence-corrected chi connectivity index (χ4v) is 5.22. The predicted molar refractivity (Wildman–Crippen MR) is 107 cm³/mol. The second-order valence-electron chi connectivity index (χ2n) is 8.39. The number of esters is 1. The molecule has 3 rings (SSSR count). The molecule has 0 aromatic carbocycles. The summed E-state index contributed by atoms with van der Waals surface area (Å²) < 4.78 is 4.97. The summed E-state index contributed by atoms with van der Waals surface area (Å²) in [5.41, 5.74) is -0.470. The van der Waals surface area contributed by atoms with Gasteiger partial charge in [-0.25, -0.2) is 9.78 Å². The van der Waals surface area contributed by atoms with Crippen LogP contribution in [0.5, 0.6) is 0 Å². The average Bonchev–Trinajstić information content (AvgIpc) is 3.08. The first-order valence-corrected chi connectivity index (χ1v) is 10.6. The van der Waals surface area contributed by atoms with Gasteiger partial charge < -0.3 is 10.1 Å². The molecule has 1 saturated carbocycles. The second kappa shape index (κ2) is 7.51. The van der Waals surface area contributed by atoms with Gasteiger partial charge in [-0.2, -0.15) is 0 Å². The number of carbonyl (C=O) groups excluding carboxylic acids is 4. The highest BCUT2D eigenvalue weighted by molar-refractivity contribution is 7.17. The first-order valence-electron chi connectivity index (χ1n) is 9.83. The molecule has 3 amide bonds. The van der Waals surface area contributed by atoms with E-state index < -0.39 is 11.4 Å². The number of ether oxygens (including phenoxy) is 1. The first kappa shape index (κ1) is 21.4. The topological polar surface area (TPSA) is 106 Å². The minimum atomic E-state index is -0.580. The zero-order chi connectivity index (χ0) is 21.6. The van der Waals surface area contributed by atoms with E-state index in [1.165, 1.54) is 4.90 Å². The van der Waals surface area contributed by atoms with E-state index in [4.69, 9.17) is 4.74 Å². The molecule has 0 spiro atoms. The second-order valence-corrected chi connectivity index (χ2v) is 9.39. The molecule has 29 heavy (non-hydrogen) atoms. The molecule has 8 nitrogen and oxygen atoms in total. The van der Waals surface area contributed by atoms with Crippen LogP contribution in [-0.4, -0.2) is 46.7 Å². The lowest BCUT2D eigenvalue weighted by molar-refractivity contribution is -0.167. The average molecular weight is 422 g/mol. The van der Waals surface area contributed by atoms with Crippen LogP contribution in [0.3, 0.4) is 0 Å². The van der Waals surface area contributed by atoms with Gasteiger partial charge in [0, 0.05) is 18.9 Å². The molecule has 1 saturated heterocycles. The van der Waals surface area contributed by atoms with Crippen molar-refractivity contribution in [3.8, 4) is 0 Å². The summed E-state index contributed by atoms with van der Waals surface area (Å²) in [6.45, 7) is 9.57. The summed E-state index contributed by atoms with van der Waals surface area (Å²) in [4.78, 5) is 55.8. The van der Waals surface area contributed by atoms with Crippen molar-refractivity contribution in [1.29, 1.82) is 0 Å². The Labute approximate surface area is 174 Å². The zero-order valence-electron chi connectivity index (χ0n) is 17.5. The standard InChI is InChI=1S/C20H27N3O5S/c1-6-28-16(26)14-11(2)21-18(29-14)22-13(24)8-10-23-15(25)12-7-9-20(5,17(23)27)19(12,3)4/h12H,6-10H2,1-5H3,(H,21,22,24). The number of thiazole rings is 1. The minimum absolute atomic E-state index is 0.0198. The molecule has 2 unspecified atom stereocenters. The molecule has 9 heteroatoms. The highest BCUT2D eigenvalue weighted by Crippen LogP contribution is 2.60. The van der Waals surface area contributed by atoms with Gasteiger partial charge in [-0.3, -0.25) is 19.3 Å². The van der Waals surface area contributed by atoms with Gasteiger partial charge in [0.25, 0.3) is 0 Å². The van der Waals surface area contributed by atoms with Crippen LogP contribution in [0.1, 0.15) is 62.3 Å². The molecule has 1 aromatic heterocycles. The third-order valence-corrected chi connectivity index (χ3v) is 7.63. The fourth-order valence-electron chi connectivity index (χ4n) is 4.34. The van der Waals surface area contributed by atoms with Gasteiger partial charge in [-0.05, 0) is 32.1 Å². The first-order chi connectivity index (χ1) is 13.5. The van der Waals surface area contributed by atoms with Gasteiger partial charge in [0.1, 0.15) is 4.88 Å². The molecule has 1 aliphatic carbocycles. The summed E-state index contributed by atoms with van der Waals surface area (Å²) in [5, 5.41) is 2.94. The van der Waals surface area contributed by atoms with E-state index in [-0.39, 0.29) is 48.6 Å². The molecule has 2 aliphatic rings. The van der Waals surface area contributed by atoms with Crippen molar-refractivity contribution in [3.05, 3.63) is 10.6 Å². The highest BCUT2D eigenvalue weighted by Gasteiger charge is 2.64. The van der Waals surface area contributed by atoms with Crippen LogP contribution in [0.15, 0.2) is 0 Å². The van der Waals surface area contributed by atoms with Gasteiger partial charge in [0.2, 0.25) is 17.7 Å². The lowest BCUT2D eigenvalue weighted by Crippen LogP contribution is -2.59. The number of rotatable bonds is 6.